The Morgan fingerprint density at radius 2 is 0.882 bits per heavy atom. The Balaban J connectivity index is 1.10. The second-order valence-electron chi connectivity index (χ2n) is 23.8. The Morgan fingerprint density at radius 3 is 1.38 bits per heavy atom. The molecule has 7 saturated heterocycles. The third kappa shape index (κ3) is 17.2. The SMILES string of the molecule is CC(=O)NC1[C@H](OC2C(O[C@@H]3C(O)[C@H](O[C@@H]4C(CO)O[C@@H](O[C@@H]5C(CO)O[C@@H](C)C(NC(C)=O)[C@H]5O)C(NC(C)=O)[C@H]4O)OC(CO)[C@H]3O)O[C@H](CO)[C@@H](O)C2O)OC(CO)[C@@H](O[C@@H]2OC(CO[C@]3(OC=O)CC(O)[C@@H](C)C([C@H](O)[C@H](O)CO)O3)[C@H](O)[C@H](O)C2O)[C@@H]1O. The molecule has 0 bridgehead atoms. The number of aliphatic hydroxyl groups is 19. The van der Waals surface area contributed by atoms with Crippen LogP contribution in [0.5, 0.6) is 0 Å². The molecule has 0 saturated carbocycles. The molecule has 22 N–H and O–H groups in total. The smallest absolute Gasteiger partial charge is 0.332 e. The summed E-state index contributed by atoms with van der Waals surface area (Å²) in [6, 6.07) is -4.72. The van der Waals surface area contributed by atoms with Gasteiger partial charge in [-0.1, -0.05) is 6.92 Å². The van der Waals surface area contributed by atoms with Crippen LogP contribution in [0, 0.1) is 5.92 Å². The van der Waals surface area contributed by atoms with Crippen molar-refractivity contribution in [2.75, 3.05) is 46.2 Å². The van der Waals surface area contributed by atoms with Gasteiger partial charge < -0.3 is 179 Å². The molecule has 538 valence electrons. The van der Waals surface area contributed by atoms with Gasteiger partial charge in [0.2, 0.25) is 17.7 Å². The van der Waals surface area contributed by atoms with Gasteiger partial charge in [0, 0.05) is 26.7 Å². The van der Waals surface area contributed by atoms with E-state index in [-0.39, 0.29) is 6.47 Å². The molecule has 36 atom stereocenters. The molecule has 0 radical (unpaired) electrons. The fourth-order valence-corrected chi connectivity index (χ4v) is 12.2. The predicted molar refractivity (Wildman–Crippen MR) is 290 cm³/mol. The zero-order valence-corrected chi connectivity index (χ0v) is 50.8. The molecule has 93 heavy (non-hydrogen) atoms. The number of hydrogen-bond acceptors (Lipinski definition) is 37. The molecular formula is C53H89N3O37. The lowest BCUT2D eigenvalue weighted by atomic mass is 9.87. The number of amides is 3. The van der Waals surface area contributed by atoms with Crippen LogP contribution in [0.3, 0.4) is 0 Å². The van der Waals surface area contributed by atoms with Crippen LogP contribution < -0.4 is 16.0 Å². The average molecular weight is 1360 g/mol. The first-order valence-corrected chi connectivity index (χ1v) is 29.9. The molecule has 0 aromatic heterocycles. The largest absolute Gasteiger partial charge is 0.410 e. The predicted octanol–water partition coefficient (Wildman–Crippen LogP) is -14.2. The molecule has 7 aliphatic heterocycles. The molecular weight excluding hydrogens is 1270 g/mol. The molecule has 0 aromatic carbocycles. The van der Waals surface area contributed by atoms with E-state index in [2.05, 4.69) is 16.0 Å². The van der Waals surface area contributed by atoms with Crippen molar-refractivity contribution in [2.24, 2.45) is 5.92 Å². The van der Waals surface area contributed by atoms with E-state index in [0.29, 0.717) is 0 Å². The van der Waals surface area contributed by atoms with Crippen LogP contribution in [-0.4, -0.2) is 382 Å². The van der Waals surface area contributed by atoms with Gasteiger partial charge in [0.05, 0.1) is 77.0 Å². The Morgan fingerprint density at radius 1 is 0.473 bits per heavy atom. The first-order valence-electron chi connectivity index (χ1n) is 29.9. The average Bonchev–Trinajstić information content (AvgIpc) is 0.813. The van der Waals surface area contributed by atoms with E-state index in [0.717, 1.165) is 13.8 Å². The third-order valence-corrected chi connectivity index (χ3v) is 17.2. The Kier molecular flexibility index (Phi) is 27.7. The summed E-state index contributed by atoms with van der Waals surface area (Å²) in [5, 5.41) is 216. The number of carbonyl (C=O) groups is 4. The van der Waals surface area contributed by atoms with Gasteiger partial charge in [-0.05, 0) is 6.92 Å². The minimum absolute atomic E-state index is 0.161. The van der Waals surface area contributed by atoms with Gasteiger partial charge in [0.25, 0.3) is 6.47 Å². The van der Waals surface area contributed by atoms with Crippen molar-refractivity contribution in [1.82, 2.24) is 16.0 Å². The Bertz CT molecular complexity index is 2380. The topological polar surface area (TPSA) is 618 Å². The summed E-state index contributed by atoms with van der Waals surface area (Å²) in [6.07, 6.45) is -59.7. The van der Waals surface area contributed by atoms with Crippen molar-refractivity contribution < 1.29 is 183 Å². The van der Waals surface area contributed by atoms with E-state index in [4.69, 9.17) is 66.3 Å². The minimum atomic E-state index is -2.60. The third-order valence-electron chi connectivity index (χ3n) is 17.2. The van der Waals surface area contributed by atoms with Crippen LogP contribution in [0.2, 0.25) is 0 Å². The molecule has 7 heterocycles. The van der Waals surface area contributed by atoms with Crippen molar-refractivity contribution in [3.8, 4) is 0 Å². The van der Waals surface area contributed by atoms with Gasteiger partial charge in [0.15, 0.2) is 31.5 Å². The monoisotopic (exact) mass is 1360 g/mol. The van der Waals surface area contributed by atoms with Crippen LogP contribution in [0.1, 0.15) is 41.0 Å². The molecule has 3 amide bonds. The lowest BCUT2D eigenvalue weighted by Gasteiger charge is -2.51. The second-order valence-corrected chi connectivity index (χ2v) is 23.8. The van der Waals surface area contributed by atoms with Crippen LogP contribution in [0.4, 0.5) is 0 Å². The van der Waals surface area contributed by atoms with Gasteiger partial charge in [-0.15, -0.1) is 0 Å². The van der Waals surface area contributed by atoms with Gasteiger partial charge in [-0.3, -0.25) is 19.2 Å². The summed E-state index contributed by atoms with van der Waals surface area (Å²) < 4.78 is 81.6. The summed E-state index contributed by atoms with van der Waals surface area (Å²) in [4.78, 5) is 49.3. The van der Waals surface area contributed by atoms with Gasteiger partial charge in [-0.2, -0.15) is 0 Å². The highest BCUT2D eigenvalue weighted by atomic mass is 16.9. The highest BCUT2D eigenvalue weighted by molar-refractivity contribution is 5.74. The van der Waals surface area contributed by atoms with Crippen LogP contribution in [0.25, 0.3) is 0 Å². The summed E-state index contributed by atoms with van der Waals surface area (Å²) in [6.45, 7) is -1.08. The Labute approximate surface area is 529 Å². The summed E-state index contributed by atoms with van der Waals surface area (Å²) in [5.41, 5.74) is 0. The minimum Gasteiger partial charge on any atom is -0.410 e. The van der Waals surface area contributed by atoms with E-state index in [9.17, 15) is 116 Å². The zero-order chi connectivity index (χ0) is 68.8. The van der Waals surface area contributed by atoms with Crippen molar-refractivity contribution in [3.63, 3.8) is 0 Å². The molecule has 7 rings (SSSR count). The summed E-state index contributed by atoms with van der Waals surface area (Å²) in [5.74, 6) is -5.88. The van der Waals surface area contributed by atoms with Crippen LogP contribution in [-0.2, 0) is 85.5 Å². The van der Waals surface area contributed by atoms with Gasteiger partial charge in [-0.25, -0.2) is 0 Å². The van der Waals surface area contributed by atoms with Crippen molar-refractivity contribution >= 4 is 24.2 Å². The fraction of sp³-hybridized carbons (Fsp3) is 0.925. The van der Waals surface area contributed by atoms with Crippen molar-refractivity contribution in [1.29, 1.82) is 0 Å². The standard InChI is InChI=1S/C53H89N3O37/c1-15-20(67)6-53(81-14-63,93-42(15)31(69)21(68)7-57)80-13-27-33(71)38(76)40(78)50(87-27)89-44-25(11-61)86-49(30(37(44)75)56-19(5)66)92-47-39(77)32(70)22(8-58)84-52(47)91-46-34(72)23(9-59)83-51(41(46)79)90-45-26(12-62)85-48(29(36(45)74)55-18(4)65)88-43-24(10-60)82-16(2)28(35(43)73)54-17(3)64/h14-16,20-52,57-62,67-79H,6-13H2,1-5H3,(H,54,64)(H,55,65)(H,56,66)/t15-,16+,20?,21-,22-,23?,24?,25?,26?,27?,28?,29?,30?,31-,32-,33+,34-,35-,36-,37-,38+,39?,40?,41?,42?,43-,44-,45-,46+,47?,48+,49+,50+,51+,52?,53+/m1/s1. The molecule has 0 aromatic rings. The van der Waals surface area contributed by atoms with E-state index in [1.165, 1.54) is 20.8 Å². The quantitative estimate of drug-likeness (QED) is 0.0282. The van der Waals surface area contributed by atoms with Crippen LogP contribution >= 0.6 is 0 Å². The summed E-state index contributed by atoms with van der Waals surface area (Å²) >= 11 is 0. The number of ether oxygens (including phenoxy) is 14. The maximum Gasteiger partial charge on any atom is 0.332 e. The Hall–Kier alpha value is -3.40. The second kappa shape index (κ2) is 33.4. The van der Waals surface area contributed by atoms with E-state index in [1.54, 1.807) is 0 Å². The first kappa shape index (κ1) is 77.0. The molecule has 0 aliphatic carbocycles. The lowest BCUT2D eigenvalue weighted by Crippen LogP contribution is -2.70. The number of carbonyl (C=O) groups excluding carboxylic acids is 4. The zero-order valence-electron chi connectivity index (χ0n) is 50.8. The molecule has 40 nitrogen and oxygen atoms in total. The number of aliphatic hydroxyl groups excluding tert-OH is 19. The highest BCUT2D eigenvalue weighted by Gasteiger charge is 2.60. The molecule has 7 fully saturated rings. The van der Waals surface area contributed by atoms with E-state index >= 15 is 0 Å². The van der Waals surface area contributed by atoms with Crippen LogP contribution in [0.15, 0.2) is 0 Å². The summed E-state index contributed by atoms with van der Waals surface area (Å²) in [7, 11) is 0. The number of rotatable bonds is 26. The lowest BCUT2D eigenvalue weighted by molar-refractivity contribution is -0.424. The van der Waals surface area contributed by atoms with Gasteiger partial charge >= 0.3 is 5.97 Å². The van der Waals surface area contributed by atoms with E-state index in [1.807, 2.05) is 0 Å². The fourth-order valence-electron chi connectivity index (χ4n) is 12.2. The van der Waals surface area contributed by atoms with E-state index < -0.39 is 291 Å². The maximum atomic E-state index is 12.9. The molecule has 0 spiro atoms. The molecule has 15 unspecified atom stereocenters. The van der Waals surface area contributed by atoms with Gasteiger partial charge in [0.1, 0.15) is 152 Å². The number of hydrogen-bond donors (Lipinski definition) is 22. The normalized spacial score (nSPS) is 47.2. The first-order chi connectivity index (χ1) is 43.9. The number of nitrogens with one attached hydrogen (secondary N) is 3. The maximum absolute atomic E-state index is 12.9. The van der Waals surface area contributed by atoms with Crippen molar-refractivity contribution in [3.05, 3.63) is 0 Å². The van der Waals surface area contributed by atoms with Crippen molar-refractivity contribution in [2.45, 2.75) is 255 Å². The molecule has 7 aliphatic rings. The highest BCUT2D eigenvalue weighted by Crippen LogP contribution is 2.40. The molecule has 40 heteroatoms.